The Hall–Kier alpha value is -3.92. The van der Waals surface area contributed by atoms with Gasteiger partial charge in [-0.25, -0.2) is 0 Å². The predicted octanol–water partition coefficient (Wildman–Crippen LogP) is 5.67. The Kier molecular flexibility index (Phi) is 3.69. The van der Waals surface area contributed by atoms with Gasteiger partial charge in [-0.3, -0.25) is 14.9 Å². The van der Waals surface area contributed by atoms with E-state index in [1.54, 1.807) is 0 Å². The normalized spacial score (nSPS) is 13.4. The number of aromatic nitrogens is 2. The van der Waals surface area contributed by atoms with Gasteiger partial charge in [0.15, 0.2) is 0 Å². The third-order valence-corrected chi connectivity index (χ3v) is 4.99. The summed E-state index contributed by atoms with van der Waals surface area (Å²) in [6, 6.07) is 20.3. The highest BCUT2D eigenvalue weighted by Crippen LogP contribution is 2.40. The van der Waals surface area contributed by atoms with E-state index in [4.69, 9.17) is 0 Å². The second-order valence-corrected chi connectivity index (χ2v) is 6.71. The van der Waals surface area contributed by atoms with Crippen molar-refractivity contribution in [3.63, 3.8) is 0 Å². The monoisotopic (exact) mass is 362 g/mol. The number of pyridine rings is 2. The number of hydrogen-bond donors (Lipinski definition) is 1. The fourth-order valence-corrected chi connectivity index (χ4v) is 3.62. The van der Waals surface area contributed by atoms with Gasteiger partial charge in [0.05, 0.1) is 29.0 Å². The highest BCUT2D eigenvalue weighted by Gasteiger charge is 2.26. The van der Waals surface area contributed by atoms with Crippen LogP contribution in [0.15, 0.2) is 98.2 Å². The minimum atomic E-state index is 0.737. The molecule has 0 saturated carbocycles. The van der Waals surface area contributed by atoms with Gasteiger partial charge in [-0.15, -0.1) is 0 Å². The van der Waals surface area contributed by atoms with Gasteiger partial charge < -0.3 is 5.32 Å². The van der Waals surface area contributed by atoms with Crippen LogP contribution in [0.1, 0.15) is 5.56 Å². The van der Waals surface area contributed by atoms with Crippen LogP contribution in [0, 0.1) is 0 Å². The minimum Gasteiger partial charge on any atom is -0.341 e. The van der Waals surface area contributed by atoms with Crippen molar-refractivity contribution in [2.24, 2.45) is 0 Å². The quantitative estimate of drug-likeness (QED) is 0.499. The third-order valence-electron chi connectivity index (χ3n) is 4.99. The number of nitrogens with zero attached hydrogens (tertiary/aromatic N) is 3. The Labute approximate surface area is 163 Å². The van der Waals surface area contributed by atoms with Crippen molar-refractivity contribution in [1.82, 2.24) is 9.97 Å². The first kappa shape index (κ1) is 16.3. The molecule has 1 aliphatic rings. The van der Waals surface area contributed by atoms with E-state index in [0.717, 1.165) is 50.5 Å². The molecule has 4 heteroatoms. The molecule has 0 spiro atoms. The van der Waals surface area contributed by atoms with Gasteiger partial charge in [-0.2, -0.15) is 0 Å². The molecule has 0 saturated heterocycles. The van der Waals surface area contributed by atoms with E-state index in [0.29, 0.717) is 0 Å². The van der Waals surface area contributed by atoms with Crippen LogP contribution >= 0.6 is 0 Å². The van der Waals surface area contributed by atoms with Gasteiger partial charge in [0.25, 0.3) is 0 Å². The second-order valence-electron chi connectivity index (χ2n) is 6.71. The van der Waals surface area contributed by atoms with Crippen molar-refractivity contribution >= 4 is 27.8 Å². The molecule has 134 valence electrons. The third kappa shape index (κ3) is 2.55. The Morgan fingerprint density at radius 1 is 0.857 bits per heavy atom. The van der Waals surface area contributed by atoms with E-state index in [9.17, 15) is 0 Å². The molecule has 4 aromatic rings. The summed E-state index contributed by atoms with van der Waals surface area (Å²) >= 11 is 0. The van der Waals surface area contributed by atoms with Gasteiger partial charge >= 0.3 is 0 Å². The van der Waals surface area contributed by atoms with E-state index in [-0.39, 0.29) is 0 Å². The summed E-state index contributed by atoms with van der Waals surface area (Å²) in [6.45, 7) is 8.57. The number of benzene rings is 2. The molecule has 0 amide bonds. The lowest BCUT2D eigenvalue weighted by Crippen LogP contribution is -2.29. The molecule has 0 atom stereocenters. The first-order valence-electron chi connectivity index (χ1n) is 9.06. The Morgan fingerprint density at radius 2 is 1.64 bits per heavy atom. The molecule has 1 N–H and O–H groups in total. The number of fused-ring (bicyclic) bond motifs is 2. The molecule has 0 unspecified atom stereocenters. The van der Waals surface area contributed by atoms with E-state index in [2.05, 4.69) is 52.7 Å². The lowest BCUT2D eigenvalue weighted by molar-refractivity contribution is 1.13. The summed E-state index contributed by atoms with van der Waals surface area (Å²) in [7, 11) is 0. The predicted molar refractivity (Wildman–Crippen MR) is 116 cm³/mol. The molecule has 5 rings (SSSR count). The molecule has 2 aromatic heterocycles. The van der Waals surface area contributed by atoms with Gasteiger partial charge in [-0.05, 0) is 6.07 Å². The average Bonchev–Trinajstić information content (AvgIpc) is 2.74. The zero-order chi connectivity index (χ0) is 19.1. The maximum Gasteiger partial charge on any atom is 0.108 e. The topological polar surface area (TPSA) is 41.1 Å². The van der Waals surface area contributed by atoms with Crippen LogP contribution in [0.25, 0.3) is 27.7 Å². The molecule has 28 heavy (non-hydrogen) atoms. The summed E-state index contributed by atoms with van der Waals surface area (Å²) in [5.74, 6) is 0.737. The molecule has 0 aliphatic carbocycles. The smallest absolute Gasteiger partial charge is 0.108 e. The molecular formula is C24H18N4. The van der Waals surface area contributed by atoms with Gasteiger partial charge in [0.2, 0.25) is 0 Å². The van der Waals surface area contributed by atoms with E-state index in [1.165, 1.54) is 0 Å². The summed E-state index contributed by atoms with van der Waals surface area (Å²) < 4.78 is 0. The van der Waals surface area contributed by atoms with E-state index < -0.39 is 0 Å². The van der Waals surface area contributed by atoms with Crippen LogP contribution < -0.4 is 10.2 Å². The summed E-state index contributed by atoms with van der Waals surface area (Å²) in [6.07, 6.45) is 5.57. The summed E-state index contributed by atoms with van der Waals surface area (Å²) in [5, 5.41) is 5.59. The van der Waals surface area contributed by atoms with Crippen molar-refractivity contribution < 1.29 is 0 Å². The molecule has 4 nitrogen and oxygen atoms in total. The maximum atomic E-state index is 4.66. The Balaban J connectivity index is 1.60. The van der Waals surface area contributed by atoms with Crippen LogP contribution in [-0.2, 0) is 0 Å². The molecule has 1 aliphatic heterocycles. The largest absolute Gasteiger partial charge is 0.341 e. The maximum absolute atomic E-state index is 4.66. The molecule has 3 heterocycles. The summed E-state index contributed by atoms with van der Waals surface area (Å²) in [5.41, 5.74) is 5.65. The lowest BCUT2D eigenvalue weighted by atomic mass is 10.0. The highest BCUT2D eigenvalue weighted by atomic mass is 15.3. The van der Waals surface area contributed by atoms with Crippen LogP contribution in [0.5, 0.6) is 0 Å². The summed E-state index contributed by atoms with van der Waals surface area (Å²) in [4.78, 5) is 11.1. The number of rotatable bonds is 2. The zero-order valence-corrected chi connectivity index (χ0v) is 15.3. The number of anilines is 2. The zero-order valence-electron chi connectivity index (χ0n) is 15.3. The Bertz CT molecular complexity index is 1220. The van der Waals surface area contributed by atoms with E-state index >= 15 is 0 Å². The minimum absolute atomic E-state index is 0.737. The fraction of sp³-hybridized carbons (Fsp3) is 0. The highest BCUT2D eigenvalue weighted by molar-refractivity contribution is 6.01. The fourth-order valence-electron chi connectivity index (χ4n) is 3.62. The molecule has 2 aromatic carbocycles. The standard InChI is InChI=1S/C24H18N4/c1-16-21-14-26-22(18-8-4-3-5-9-18)12-23(21)27-17(2)28(16)24-15-25-13-19-10-6-7-11-20(19)24/h3-15,27H,1-2H2. The van der Waals surface area contributed by atoms with Crippen LogP contribution in [-0.4, -0.2) is 9.97 Å². The first-order chi connectivity index (χ1) is 13.7. The molecule has 0 radical (unpaired) electrons. The van der Waals surface area contributed by atoms with Crippen molar-refractivity contribution in [3.8, 4) is 11.3 Å². The molecular weight excluding hydrogens is 344 g/mol. The molecule has 0 bridgehead atoms. The number of nitrogens with one attached hydrogen (secondary N) is 1. The second kappa shape index (κ2) is 6.35. The average molecular weight is 362 g/mol. The van der Waals surface area contributed by atoms with Crippen molar-refractivity contribution in [2.75, 3.05) is 10.2 Å². The van der Waals surface area contributed by atoms with Crippen molar-refractivity contribution in [2.45, 2.75) is 0 Å². The van der Waals surface area contributed by atoms with Crippen LogP contribution in [0.3, 0.4) is 0 Å². The van der Waals surface area contributed by atoms with Crippen molar-refractivity contribution in [1.29, 1.82) is 0 Å². The SMILES string of the molecule is C=C1Nc2cc(-c3ccccc3)ncc2C(=C)N1c1cncc2ccccc12. The lowest BCUT2D eigenvalue weighted by Gasteiger charge is -2.35. The van der Waals surface area contributed by atoms with Crippen LogP contribution in [0.2, 0.25) is 0 Å². The van der Waals surface area contributed by atoms with Crippen LogP contribution in [0.4, 0.5) is 11.4 Å². The molecule has 0 fully saturated rings. The van der Waals surface area contributed by atoms with Gasteiger partial charge in [0.1, 0.15) is 5.82 Å². The van der Waals surface area contributed by atoms with Crippen molar-refractivity contribution in [3.05, 3.63) is 104 Å². The van der Waals surface area contributed by atoms with Gasteiger partial charge in [0, 0.05) is 34.3 Å². The first-order valence-corrected chi connectivity index (χ1v) is 9.06. The van der Waals surface area contributed by atoms with Gasteiger partial charge in [-0.1, -0.05) is 67.8 Å². The number of hydrogen-bond acceptors (Lipinski definition) is 4. The Morgan fingerprint density at radius 3 is 2.50 bits per heavy atom. The van der Waals surface area contributed by atoms with E-state index in [1.807, 2.05) is 59.9 Å².